The van der Waals surface area contributed by atoms with Crippen LogP contribution in [0.5, 0.6) is 0 Å². The number of carbonyl (C=O) groups excluding carboxylic acids is 1. The second-order valence-corrected chi connectivity index (χ2v) is 2.78. The Morgan fingerprint density at radius 2 is 2.18 bits per heavy atom. The Balaban J connectivity index is 3.44. The molecule has 11 heavy (non-hydrogen) atoms. The van der Waals surface area contributed by atoms with Crippen molar-refractivity contribution in [3.63, 3.8) is 0 Å². The molecule has 0 aliphatic carbocycles. The van der Waals surface area contributed by atoms with Gasteiger partial charge in [-0.1, -0.05) is 0 Å². The zero-order chi connectivity index (χ0) is 8.69. The molecule has 0 radical (unpaired) electrons. The minimum atomic E-state index is -0.248. The monoisotopic (exact) mass is 198 g/mol. The number of hydrogen-bond acceptors (Lipinski definition) is 3. The van der Waals surface area contributed by atoms with Crippen molar-refractivity contribution in [3.8, 4) is 0 Å². The van der Waals surface area contributed by atoms with Crippen molar-refractivity contribution in [1.29, 1.82) is 0 Å². The predicted molar refractivity (Wildman–Crippen MR) is 46.5 cm³/mol. The number of hydrogen-bond donors (Lipinski definition) is 2. The highest BCUT2D eigenvalue weighted by molar-refractivity contribution is 6.15. The molecule has 0 saturated carbocycles. The predicted octanol–water partition coefficient (Wildman–Crippen LogP) is 1.21. The summed E-state index contributed by atoms with van der Waals surface area (Å²) >= 11 is 10.5. The molecule has 2 N–H and O–H groups in total. The van der Waals surface area contributed by atoms with Gasteiger partial charge in [0.25, 0.3) is 0 Å². The zero-order valence-electron chi connectivity index (χ0n) is 6.36. The summed E-state index contributed by atoms with van der Waals surface area (Å²) in [4.78, 5) is 15.7. The van der Waals surface area contributed by atoms with Gasteiger partial charge < -0.3 is 0 Å². The lowest BCUT2D eigenvalue weighted by Gasteiger charge is -2.09. The molecule has 0 spiro atoms. The maximum atomic E-state index is 10.8. The molecule has 0 heterocycles. The van der Waals surface area contributed by atoms with E-state index in [0.29, 0.717) is 13.0 Å². The highest BCUT2D eigenvalue weighted by atomic mass is 35.5. The van der Waals surface area contributed by atoms with Gasteiger partial charge in [0.05, 0.1) is 6.04 Å². The van der Waals surface area contributed by atoms with E-state index in [1.165, 1.54) is 6.92 Å². The van der Waals surface area contributed by atoms with Gasteiger partial charge in [0.2, 0.25) is 0 Å². The third kappa shape index (κ3) is 5.44. The Hall–Kier alpha value is 0.170. The third-order valence-corrected chi connectivity index (χ3v) is 1.84. The van der Waals surface area contributed by atoms with E-state index in [2.05, 4.69) is 9.67 Å². The fourth-order valence-corrected chi connectivity index (χ4v) is 1.10. The average Bonchev–Trinajstić information content (AvgIpc) is 1.97. The van der Waals surface area contributed by atoms with Crippen molar-refractivity contribution in [2.75, 3.05) is 6.54 Å². The van der Waals surface area contributed by atoms with Crippen LogP contribution in [0.4, 0.5) is 0 Å². The van der Waals surface area contributed by atoms with Crippen LogP contribution in [0.25, 0.3) is 0 Å². The normalized spacial score (nSPS) is 13.0. The van der Waals surface area contributed by atoms with Gasteiger partial charge in [0.1, 0.15) is 5.78 Å². The molecule has 66 valence electrons. The van der Waals surface area contributed by atoms with Crippen LogP contribution in [0.3, 0.4) is 0 Å². The maximum Gasteiger partial charge on any atom is 0.147 e. The maximum absolute atomic E-state index is 10.8. The summed E-state index contributed by atoms with van der Waals surface area (Å²) in [6.07, 6.45) is 1.53. The number of Topliss-reactive ketones (excluding diaryl/α,β-unsaturated/α-hetero) is 1. The van der Waals surface area contributed by atoms with Gasteiger partial charge in [-0.15, -0.1) is 0 Å². The Labute approximate surface area is 76.7 Å². The molecule has 1 unspecified atom stereocenters. The van der Waals surface area contributed by atoms with Crippen LogP contribution < -0.4 is 9.67 Å². The molecule has 0 aromatic heterocycles. The van der Waals surface area contributed by atoms with E-state index in [-0.39, 0.29) is 11.8 Å². The minimum absolute atomic E-state index is 0.0505. The van der Waals surface area contributed by atoms with Crippen molar-refractivity contribution in [2.45, 2.75) is 25.8 Å². The van der Waals surface area contributed by atoms with Crippen LogP contribution in [0.15, 0.2) is 0 Å². The Bertz CT molecular complexity index is 121. The van der Waals surface area contributed by atoms with Crippen molar-refractivity contribution < 1.29 is 4.79 Å². The SMILES string of the molecule is CC(=O)C(CCCNCl)NCl. The molecule has 5 heteroatoms. The van der Waals surface area contributed by atoms with E-state index in [1.54, 1.807) is 0 Å². The summed E-state index contributed by atoms with van der Waals surface area (Å²) in [5.74, 6) is 0.0505. The molecule has 0 aromatic rings. The topological polar surface area (TPSA) is 41.1 Å². The molecule has 0 rings (SSSR count). The van der Waals surface area contributed by atoms with E-state index in [1.807, 2.05) is 0 Å². The summed E-state index contributed by atoms with van der Waals surface area (Å²) in [5, 5.41) is 0. The summed E-state index contributed by atoms with van der Waals surface area (Å²) in [5.41, 5.74) is 0. The smallest absolute Gasteiger partial charge is 0.147 e. The second kappa shape index (κ2) is 6.85. The zero-order valence-corrected chi connectivity index (χ0v) is 7.87. The highest BCUT2D eigenvalue weighted by Gasteiger charge is 2.10. The number of nitrogens with one attached hydrogen (secondary N) is 2. The van der Waals surface area contributed by atoms with Crippen LogP contribution >= 0.6 is 23.6 Å². The van der Waals surface area contributed by atoms with Gasteiger partial charge in [-0.05, 0) is 43.3 Å². The fraction of sp³-hybridized carbons (Fsp3) is 0.833. The lowest BCUT2D eigenvalue weighted by molar-refractivity contribution is -0.118. The van der Waals surface area contributed by atoms with Crippen molar-refractivity contribution >= 4 is 29.3 Å². The van der Waals surface area contributed by atoms with Gasteiger partial charge >= 0.3 is 0 Å². The molecule has 0 aliphatic heterocycles. The van der Waals surface area contributed by atoms with Crippen LogP contribution in [0.1, 0.15) is 19.8 Å². The second-order valence-electron chi connectivity index (χ2n) is 2.30. The lowest BCUT2D eigenvalue weighted by Crippen LogP contribution is -2.29. The average molecular weight is 199 g/mol. The fourth-order valence-electron chi connectivity index (χ4n) is 0.708. The number of carbonyl (C=O) groups is 1. The molecule has 0 aromatic carbocycles. The number of halogens is 2. The summed E-state index contributed by atoms with van der Waals surface area (Å²) in [7, 11) is 0. The van der Waals surface area contributed by atoms with E-state index in [9.17, 15) is 4.79 Å². The van der Waals surface area contributed by atoms with Gasteiger partial charge in [0, 0.05) is 6.54 Å². The van der Waals surface area contributed by atoms with Gasteiger partial charge in [0.15, 0.2) is 0 Å². The summed E-state index contributed by atoms with van der Waals surface area (Å²) < 4.78 is 0. The molecular weight excluding hydrogens is 187 g/mol. The van der Waals surface area contributed by atoms with Crippen molar-refractivity contribution in [2.24, 2.45) is 0 Å². The first-order chi connectivity index (χ1) is 5.22. The first kappa shape index (κ1) is 11.2. The van der Waals surface area contributed by atoms with E-state index in [4.69, 9.17) is 23.6 Å². The Morgan fingerprint density at radius 1 is 1.55 bits per heavy atom. The Morgan fingerprint density at radius 3 is 2.55 bits per heavy atom. The molecule has 0 fully saturated rings. The first-order valence-corrected chi connectivity index (χ1v) is 4.18. The van der Waals surface area contributed by atoms with Crippen LogP contribution in [0, 0.1) is 0 Å². The van der Waals surface area contributed by atoms with E-state index < -0.39 is 0 Å². The number of ketones is 1. The van der Waals surface area contributed by atoms with Crippen LogP contribution in [-0.2, 0) is 4.79 Å². The molecule has 1 atom stereocenters. The summed E-state index contributed by atoms with van der Waals surface area (Å²) in [6, 6.07) is -0.248. The van der Waals surface area contributed by atoms with Crippen LogP contribution in [-0.4, -0.2) is 18.4 Å². The molecule has 0 amide bonds. The molecule has 0 saturated heterocycles. The highest BCUT2D eigenvalue weighted by Crippen LogP contribution is 1.98. The minimum Gasteiger partial charge on any atom is -0.298 e. The van der Waals surface area contributed by atoms with Gasteiger partial charge in [-0.3, -0.25) is 4.79 Å². The summed E-state index contributed by atoms with van der Waals surface area (Å²) in [6.45, 7) is 2.19. The van der Waals surface area contributed by atoms with Crippen molar-refractivity contribution in [1.82, 2.24) is 9.67 Å². The third-order valence-electron chi connectivity index (χ3n) is 1.39. The Kier molecular flexibility index (Phi) is 6.96. The van der Waals surface area contributed by atoms with Crippen molar-refractivity contribution in [3.05, 3.63) is 0 Å². The molecule has 0 bridgehead atoms. The largest absolute Gasteiger partial charge is 0.298 e. The molecule has 0 aliphatic rings. The van der Waals surface area contributed by atoms with E-state index in [0.717, 1.165) is 6.42 Å². The van der Waals surface area contributed by atoms with Gasteiger partial charge in [-0.2, -0.15) is 0 Å². The van der Waals surface area contributed by atoms with Crippen LogP contribution in [0.2, 0.25) is 0 Å². The van der Waals surface area contributed by atoms with E-state index >= 15 is 0 Å². The quantitative estimate of drug-likeness (QED) is 0.499. The molecule has 3 nitrogen and oxygen atoms in total. The molecular formula is C6H12Cl2N2O. The first-order valence-electron chi connectivity index (χ1n) is 3.42. The number of rotatable bonds is 6. The lowest BCUT2D eigenvalue weighted by atomic mass is 10.1. The standard InChI is InChI=1S/C6H12Cl2N2O/c1-5(11)6(10-8)3-2-4-9-7/h6,9-10H,2-4H2,1H3. The van der Waals surface area contributed by atoms with Gasteiger partial charge in [-0.25, -0.2) is 9.67 Å².